The van der Waals surface area contributed by atoms with E-state index in [4.69, 9.17) is 0 Å². The number of hydrogen-bond acceptors (Lipinski definition) is 4. The number of nitrogens with zero attached hydrogens (tertiary/aromatic N) is 5. The van der Waals surface area contributed by atoms with Crippen LogP contribution in [0.4, 0.5) is 0 Å². The lowest BCUT2D eigenvalue weighted by Gasteiger charge is -2.44. The van der Waals surface area contributed by atoms with Crippen molar-refractivity contribution in [1.29, 1.82) is 0 Å². The van der Waals surface area contributed by atoms with Crippen LogP contribution in [0.3, 0.4) is 0 Å². The van der Waals surface area contributed by atoms with Crippen LogP contribution in [0.25, 0.3) is 22.6 Å². The van der Waals surface area contributed by atoms with Gasteiger partial charge in [-0.15, -0.1) is 0 Å². The van der Waals surface area contributed by atoms with Gasteiger partial charge in [-0.1, -0.05) is 44.2 Å². The molecule has 1 aliphatic heterocycles. The summed E-state index contributed by atoms with van der Waals surface area (Å²) in [6.45, 7) is 9.67. The van der Waals surface area contributed by atoms with Crippen molar-refractivity contribution in [3.63, 3.8) is 0 Å². The molecule has 0 bridgehead atoms. The Kier molecular flexibility index (Phi) is 4.57. The van der Waals surface area contributed by atoms with E-state index in [2.05, 4.69) is 52.8 Å². The van der Waals surface area contributed by atoms with Gasteiger partial charge in [0.2, 0.25) is 5.91 Å². The van der Waals surface area contributed by atoms with E-state index >= 15 is 0 Å². The summed E-state index contributed by atoms with van der Waals surface area (Å²) in [6, 6.07) is 12.3. The first-order valence-corrected chi connectivity index (χ1v) is 10.7. The molecule has 30 heavy (non-hydrogen) atoms. The van der Waals surface area contributed by atoms with Crippen LogP contribution in [0.1, 0.15) is 31.7 Å². The molecule has 0 radical (unpaired) electrons. The second kappa shape index (κ2) is 7.27. The van der Waals surface area contributed by atoms with Crippen LogP contribution in [-0.4, -0.2) is 56.5 Å². The minimum Gasteiger partial charge on any atom is -0.368 e. The lowest BCUT2D eigenvalue weighted by atomic mass is 9.69. The van der Waals surface area contributed by atoms with Crippen molar-refractivity contribution < 1.29 is 4.79 Å². The number of imidazole rings is 1. The molecule has 1 saturated heterocycles. The third kappa shape index (κ3) is 3.26. The molecular formula is C24H27N5O. The van der Waals surface area contributed by atoms with Gasteiger partial charge in [0.1, 0.15) is 0 Å². The van der Waals surface area contributed by atoms with E-state index in [1.54, 1.807) is 10.7 Å². The first-order valence-electron chi connectivity index (χ1n) is 10.7. The summed E-state index contributed by atoms with van der Waals surface area (Å²) in [5.74, 6) is 0.339. The largest absolute Gasteiger partial charge is 0.368 e. The molecule has 1 aromatic carbocycles. The second-order valence-electron chi connectivity index (χ2n) is 8.67. The molecule has 0 atom stereocenters. The SMILES string of the molecule is C=C(c1ccc(-c2ccc3nccn3n2)cc1)N1CCN(C(=O)C2(C)CCC2)CC1. The fourth-order valence-corrected chi connectivity index (χ4v) is 4.47. The van der Waals surface area contributed by atoms with E-state index in [-0.39, 0.29) is 5.41 Å². The average molecular weight is 402 g/mol. The van der Waals surface area contributed by atoms with Crippen LogP contribution in [0, 0.1) is 5.41 Å². The Bertz CT molecular complexity index is 1090. The normalized spacial score (nSPS) is 18.3. The smallest absolute Gasteiger partial charge is 0.228 e. The molecule has 0 spiro atoms. The fraction of sp³-hybridized carbons (Fsp3) is 0.375. The molecule has 3 heterocycles. The van der Waals surface area contributed by atoms with Crippen molar-refractivity contribution in [2.24, 2.45) is 5.41 Å². The quantitative estimate of drug-likeness (QED) is 0.669. The van der Waals surface area contributed by atoms with Crippen LogP contribution in [0.2, 0.25) is 0 Å². The Hall–Kier alpha value is -3.15. The van der Waals surface area contributed by atoms with Gasteiger partial charge in [-0.05, 0) is 30.5 Å². The lowest BCUT2D eigenvalue weighted by molar-refractivity contribution is -0.147. The maximum absolute atomic E-state index is 12.8. The van der Waals surface area contributed by atoms with E-state index in [1.165, 1.54) is 6.42 Å². The number of fused-ring (bicyclic) bond motifs is 1. The number of aromatic nitrogens is 3. The van der Waals surface area contributed by atoms with Gasteiger partial charge in [0.15, 0.2) is 5.65 Å². The molecule has 3 aromatic rings. The Morgan fingerprint density at radius 1 is 1.00 bits per heavy atom. The summed E-state index contributed by atoms with van der Waals surface area (Å²) in [7, 11) is 0. The topological polar surface area (TPSA) is 53.7 Å². The van der Waals surface area contributed by atoms with Gasteiger partial charge >= 0.3 is 0 Å². The first kappa shape index (κ1) is 18.9. The summed E-state index contributed by atoms with van der Waals surface area (Å²) < 4.78 is 1.78. The highest BCUT2D eigenvalue weighted by molar-refractivity contribution is 5.83. The molecule has 1 amide bonds. The van der Waals surface area contributed by atoms with Gasteiger partial charge in [-0.2, -0.15) is 5.10 Å². The third-order valence-corrected chi connectivity index (χ3v) is 6.69. The Morgan fingerprint density at radius 3 is 2.37 bits per heavy atom. The number of benzene rings is 1. The van der Waals surface area contributed by atoms with Crippen molar-refractivity contribution >= 4 is 17.3 Å². The van der Waals surface area contributed by atoms with E-state index < -0.39 is 0 Å². The number of carbonyl (C=O) groups excluding carboxylic acids is 1. The van der Waals surface area contributed by atoms with Crippen LogP contribution in [-0.2, 0) is 4.79 Å². The predicted molar refractivity (Wildman–Crippen MR) is 118 cm³/mol. The van der Waals surface area contributed by atoms with Gasteiger partial charge in [0, 0.05) is 55.2 Å². The van der Waals surface area contributed by atoms with Gasteiger partial charge < -0.3 is 9.80 Å². The van der Waals surface area contributed by atoms with E-state index in [0.717, 1.165) is 67.2 Å². The molecule has 6 nitrogen and oxygen atoms in total. The zero-order valence-electron chi connectivity index (χ0n) is 17.4. The first-order chi connectivity index (χ1) is 14.5. The van der Waals surface area contributed by atoms with Crippen molar-refractivity contribution in [2.75, 3.05) is 26.2 Å². The highest BCUT2D eigenvalue weighted by atomic mass is 16.2. The average Bonchev–Trinajstić information content (AvgIpc) is 3.24. The standard InChI is InChI=1S/C24H27N5O/c1-18(27-14-16-28(17-15-27)23(30)24(2)10-3-11-24)19-4-6-20(7-5-19)21-8-9-22-25-12-13-29(22)26-21/h4-9,12-13H,1,3,10-11,14-17H2,2H3. The molecule has 0 unspecified atom stereocenters. The molecule has 5 rings (SSSR count). The van der Waals surface area contributed by atoms with E-state index in [0.29, 0.717) is 5.91 Å². The highest BCUT2D eigenvalue weighted by Gasteiger charge is 2.42. The Labute approximate surface area is 176 Å². The summed E-state index contributed by atoms with van der Waals surface area (Å²) in [5.41, 5.74) is 4.82. The fourth-order valence-electron chi connectivity index (χ4n) is 4.47. The zero-order chi connectivity index (χ0) is 20.7. The molecule has 2 aliphatic rings. The van der Waals surface area contributed by atoms with Gasteiger partial charge in [0.05, 0.1) is 5.69 Å². The van der Waals surface area contributed by atoms with E-state index in [9.17, 15) is 4.79 Å². The number of rotatable bonds is 4. The maximum atomic E-state index is 12.8. The molecular weight excluding hydrogens is 374 g/mol. The van der Waals surface area contributed by atoms with Gasteiger partial charge in [-0.25, -0.2) is 9.50 Å². The Morgan fingerprint density at radius 2 is 1.70 bits per heavy atom. The molecule has 1 aliphatic carbocycles. The molecule has 0 N–H and O–H groups in total. The zero-order valence-corrected chi connectivity index (χ0v) is 17.4. The van der Waals surface area contributed by atoms with Gasteiger partial charge in [0.25, 0.3) is 0 Å². The lowest BCUT2D eigenvalue weighted by Crippen LogP contribution is -2.53. The van der Waals surface area contributed by atoms with Gasteiger partial charge in [-0.3, -0.25) is 4.79 Å². The molecule has 154 valence electrons. The third-order valence-electron chi connectivity index (χ3n) is 6.69. The van der Waals surface area contributed by atoms with Crippen molar-refractivity contribution in [2.45, 2.75) is 26.2 Å². The van der Waals surface area contributed by atoms with Crippen molar-refractivity contribution in [3.8, 4) is 11.3 Å². The molecule has 1 saturated carbocycles. The minimum atomic E-state index is -0.108. The summed E-state index contributed by atoms with van der Waals surface area (Å²) >= 11 is 0. The van der Waals surface area contributed by atoms with Crippen LogP contribution < -0.4 is 0 Å². The Balaban J connectivity index is 1.24. The molecule has 2 fully saturated rings. The second-order valence-corrected chi connectivity index (χ2v) is 8.67. The van der Waals surface area contributed by atoms with Crippen LogP contribution in [0.15, 0.2) is 55.4 Å². The summed E-state index contributed by atoms with van der Waals surface area (Å²) in [5, 5.41) is 4.61. The maximum Gasteiger partial charge on any atom is 0.228 e. The van der Waals surface area contributed by atoms with E-state index in [1.807, 2.05) is 23.2 Å². The predicted octanol–water partition coefficient (Wildman–Crippen LogP) is 3.70. The number of amides is 1. The number of hydrogen-bond donors (Lipinski definition) is 0. The number of piperazine rings is 1. The van der Waals surface area contributed by atoms with Crippen molar-refractivity contribution in [1.82, 2.24) is 24.4 Å². The monoisotopic (exact) mass is 401 g/mol. The molecule has 2 aromatic heterocycles. The van der Waals surface area contributed by atoms with Crippen LogP contribution in [0.5, 0.6) is 0 Å². The molecule has 6 heteroatoms. The van der Waals surface area contributed by atoms with Crippen LogP contribution >= 0.6 is 0 Å². The summed E-state index contributed by atoms with van der Waals surface area (Å²) in [4.78, 5) is 21.3. The minimum absolute atomic E-state index is 0.108. The highest BCUT2D eigenvalue weighted by Crippen LogP contribution is 2.42. The van der Waals surface area contributed by atoms with Crippen molar-refractivity contribution in [3.05, 3.63) is 60.9 Å². The summed E-state index contributed by atoms with van der Waals surface area (Å²) in [6.07, 6.45) is 6.85. The number of carbonyl (C=O) groups is 1.